The van der Waals surface area contributed by atoms with E-state index in [1.807, 2.05) is 0 Å². The van der Waals surface area contributed by atoms with Gasteiger partial charge < -0.3 is 15.0 Å². The highest BCUT2D eigenvalue weighted by Crippen LogP contribution is 2.18. The van der Waals surface area contributed by atoms with Crippen molar-refractivity contribution in [2.24, 2.45) is 0 Å². The van der Waals surface area contributed by atoms with E-state index in [0.29, 0.717) is 22.2 Å². The molecule has 7 nitrogen and oxygen atoms in total. The Balaban J connectivity index is 1.46. The van der Waals surface area contributed by atoms with Gasteiger partial charge in [-0.2, -0.15) is 0 Å². The lowest BCUT2D eigenvalue weighted by molar-refractivity contribution is 0.0474. The molecule has 0 bridgehead atoms. The number of nitrogens with one attached hydrogen (secondary N) is 2. The van der Waals surface area contributed by atoms with Crippen molar-refractivity contribution in [3.05, 3.63) is 110 Å². The number of esters is 1. The number of hydrogen-bond donors (Lipinski definition) is 2. The van der Waals surface area contributed by atoms with E-state index in [1.54, 1.807) is 60.7 Å². The number of fused-ring (bicyclic) bond motifs is 1. The number of benzene rings is 3. The number of halogens is 1. The van der Waals surface area contributed by atoms with E-state index in [4.69, 9.17) is 4.74 Å². The summed E-state index contributed by atoms with van der Waals surface area (Å²) in [6.07, 6.45) is 0. The molecule has 0 fully saturated rings. The van der Waals surface area contributed by atoms with Crippen LogP contribution in [0.25, 0.3) is 10.9 Å². The van der Waals surface area contributed by atoms with Gasteiger partial charge in [-0.3, -0.25) is 14.4 Å². The molecule has 164 valence electrons. The Bertz CT molecular complexity index is 1430. The molecule has 0 saturated heterocycles. The maximum absolute atomic E-state index is 12.8. The van der Waals surface area contributed by atoms with Gasteiger partial charge in [0.25, 0.3) is 5.91 Å². The number of para-hydroxylation sites is 1. The second-order valence-corrected chi connectivity index (χ2v) is 8.05. The summed E-state index contributed by atoms with van der Waals surface area (Å²) < 4.78 is 5.97. The molecule has 3 aromatic carbocycles. The highest BCUT2D eigenvalue weighted by molar-refractivity contribution is 9.10. The minimum absolute atomic E-state index is 0.173. The molecule has 0 saturated carbocycles. The molecule has 0 radical (unpaired) electrons. The van der Waals surface area contributed by atoms with E-state index < -0.39 is 24.0 Å². The summed E-state index contributed by atoms with van der Waals surface area (Å²) in [5, 5.41) is 3.29. The minimum Gasteiger partial charge on any atom is -0.454 e. The molecule has 2 N–H and O–H groups in total. The van der Waals surface area contributed by atoms with E-state index in [2.05, 4.69) is 26.2 Å². The quantitative estimate of drug-likeness (QED) is 0.295. The van der Waals surface area contributed by atoms with Crippen molar-refractivity contribution >= 4 is 50.2 Å². The van der Waals surface area contributed by atoms with E-state index in [9.17, 15) is 19.2 Å². The first kappa shape index (κ1) is 22.2. The Hall–Kier alpha value is -4.04. The largest absolute Gasteiger partial charge is 0.454 e. The number of anilines is 1. The van der Waals surface area contributed by atoms with Crippen molar-refractivity contribution in [3.8, 4) is 0 Å². The predicted molar refractivity (Wildman–Crippen MR) is 128 cm³/mol. The molecule has 0 aliphatic heterocycles. The number of aromatic nitrogens is 1. The number of rotatable bonds is 6. The number of amides is 1. The molecular weight excluding hydrogens is 488 g/mol. The van der Waals surface area contributed by atoms with Crippen molar-refractivity contribution in [2.45, 2.75) is 0 Å². The molecule has 0 spiro atoms. The molecule has 4 aromatic rings. The summed E-state index contributed by atoms with van der Waals surface area (Å²) in [4.78, 5) is 52.1. The third-order valence-electron chi connectivity index (χ3n) is 4.85. The number of Topliss-reactive ketones (excluding diaryl/α,β-unsaturated/α-hetero) is 1. The Kier molecular flexibility index (Phi) is 6.46. The first-order valence-corrected chi connectivity index (χ1v) is 10.7. The molecule has 1 heterocycles. The molecule has 0 aliphatic rings. The van der Waals surface area contributed by atoms with Gasteiger partial charge in [0, 0.05) is 32.7 Å². The van der Waals surface area contributed by atoms with Crippen LogP contribution in [0.4, 0.5) is 5.69 Å². The number of pyridine rings is 1. The van der Waals surface area contributed by atoms with Crippen LogP contribution in [0.3, 0.4) is 0 Å². The molecule has 0 aliphatic carbocycles. The molecule has 4 rings (SSSR count). The van der Waals surface area contributed by atoms with Crippen molar-refractivity contribution in [1.29, 1.82) is 0 Å². The van der Waals surface area contributed by atoms with Crippen LogP contribution < -0.4 is 10.9 Å². The number of carbonyl (C=O) groups excluding carboxylic acids is 3. The number of aromatic amines is 1. The van der Waals surface area contributed by atoms with E-state index in [0.717, 1.165) is 4.47 Å². The van der Waals surface area contributed by atoms with Crippen LogP contribution in [-0.4, -0.2) is 29.3 Å². The van der Waals surface area contributed by atoms with Crippen LogP contribution >= 0.6 is 15.9 Å². The van der Waals surface area contributed by atoms with Gasteiger partial charge in [-0.1, -0.05) is 52.3 Å². The molecule has 33 heavy (non-hydrogen) atoms. The number of H-pyrrole nitrogens is 1. The topological polar surface area (TPSA) is 105 Å². The Morgan fingerprint density at radius 2 is 1.64 bits per heavy atom. The molecule has 1 amide bonds. The second-order valence-electron chi connectivity index (χ2n) is 7.13. The van der Waals surface area contributed by atoms with Gasteiger partial charge in [0.15, 0.2) is 12.4 Å². The zero-order valence-electron chi connectivity index (χ0n) is 17.1. The number of carbonyl (C=O) groups is 3. The van der Waals surface area contributed by atoms with Gasteiger partial charge in [-0.15, -0.1) is 0 Å². The van der Waals surface area contributed by atoms with Gasteiger partial charge in [0.05, 0.1) is 11.1 Å². The number of hydrogen-bond acceptors (Lipinski definition) is 5. The number of ketones is 1. The summed E-state index contributed by atoms with van der Waals surface area (Å²) in [6, 6.07) is 21.1. The Morgan fingerprint density at radius 1 is 0.879 bits per heavy atom. The van der Waals surface area contributed by atoms with Crippen molar-refractivity contribution < 1.29 is 19.1 Å². The fraction of sp³-hybridized carbons (Fsp3) is 0.0400. The smallest absolute Gasteiger partial charge is 0.338 e. The molecule has 0 atom stereocenters. The average Bonchev–Trinajstić information content (AvgIpc) is 2.82. The SMILES string of the molecule is O=C(COC(=O)c1cccc(NC(=O)c2cc(=O)[nH]c3ccccc23)c1)c1ccc(Br)cc1. The predicted octanol–water partition coefficient (Wildman–Crippen LogP) is 4.58. The van der Waals surface area contributed by atoms with Crippen LogP contribution in [0.15, 0.2) is 88.1 Å². The fourth-order valence-electron chi connectivity index (χ4n) is 3.25. The zero-order valence-corrected chi connectivity index (χ0v) is 18.7. The van der Waals surface area contributed by atoms with Crippen molar-refractivity contribution in [3.63, 3.8) is 0 Å². The summed E-state index contributed by atoms with van der Waals surface area (Å²) >= 11 is 3.30. The highest BCUT2D eigenvalue weighted by Gasteiger charge is 2.15. The average molecular weight is 505 g/mol. The normalized spacial score (nSPS) is 10.6. The summed E-state index contributed by atoms with van der Waals surface area (Å²) in [7, 11) is 0. The Morgan fingerprint density at radius 3 is 2.42 bits per heavy atom. The van der Waals surface area contributed by atoms with Crippen LogP contribution in [0, 0.1) is 0 Å². The van der Waals surface area contributed by atoms with Crippen molar-refractivity contribution in [2.75, 3.05) is 11.9 Å². The lowest BCUT2D eigenvalue weighted by Gasteiger charge is -2.09. The summed E-state index contributed by atoms with van der Waals surface area (Å²) in [5.74, 6) is -1.52. The summed E-state index contributed by atoms with van der Waals surface area (Å²) in [6.45, 7) is -0.407. The van der Waals surface area contributed by atoms with Crippen LogP contribution in [-0.2, 0) is 4.74 Å². The lowest BCUT2D eigenvalue weighted by Crippen LogP contribution is -2.17. The third kappa shape index (κ3) is 5.24. The van der Waals surface area contributed by atoms with Gasteiger partial charge in [-0.25, -0.2) is 4.79 Å². The Labute approximate surface area is 196 Å². The first-order valence-electron chi connectivity index (χ1n) is 9.90. The van der Waals surface area contributed by atoms with Gasteiger partial charge in [-0.05, 0) is 36.4 Å². The van der Waals surface area contributed by atoms with Gasteiger partial charge in [0.1, 0.15) is 0 Å². The minimum atomic E-state index is -0.696. The number of ether oxygens (including phenoxy) is 1. The molecule has 0 unspecified atom stereocenters. The lowest BCUT2D eigenvalue weighted by atomic mass is 10.1. The zero-order chi connectivity index (χ0) is 23.4. The standard InChI is InChI=1S/C25H17BrN2O5/c26-17-10-8-15(9-11-17)22(29)14-33-25(32)16-4-3-5-18(12-16)27-24(31)20-13-23(30)28-21-7-2-1-6-19(20)21/h1-13H,14H2,(H,27,31)(H,28,30). The van der Waals surface area contributed by atoms with E-state index in [1.165, 1.54) is 18.2 Å². The van der Waals surface area contributed by atoms with Crippen LogP contribution in [0.1, 0.15) is 31.1 Å². The van der Waals surface area contributed by atoms with E-state index >= 15 is 0 Å². The monoisotopic (exact) mass is 504 g/mol. The van der Waals surface area contributed by atoms with Crippen molar-refractivity contribution in [1.82, 2.24) is 4.98 Å². The molecular formula is C25H17BrN2O5. The fourth-order valence-corrected chi connectivity index (χ4v) is 3.51. The maximum atomic E-state index is 12.8. The van der Waals surface area contributed by atoms with Crippen LogP contribution in [0.2, 0.25) is 0 Å². The summed E-state index contributed by atoms with van der Waals surface area (Å²) in [5.41, 5.74) is 1.30. The van der Waals surface area contributed by atoms with Crippen LogP contribution in [0.5, 0.6) is 0 Å². The first-order chi connectivity index (χ1) is 15.9. The molecule has 8 heteroatoms. The van der Waals surface area contributed by atoms with Gasteiger partial charge >= 0.3 is 5.97 Å². The second kappa shape index (κ2) is 9.62. The van der Waals surface area contributed by atoms with Gasteiger partial charge in [0.2, 0.25) is 5.56 Å². The highest BCUT2D eigenvalue weighted by atomic mass is 79.9. The molecule has 1 aromatic heterocycles. The third-order valence-corrected chi connectivity index (χ3v) is 5.38. The van der Waals surface area contributed by atoms with E-state index in [-0.39, 0.29) is 16.9 Å². The maximum Gasteiger partial charge on any atom is 0.338 e.